The molecule has 0 spiro atoms. The number of ether oxygens (including phenoxy) is 2. The van der Waals surface area contributed by atoms with E-state index in [0.29, 0.717) is 23.6 Å². The van der Waals surface area contributed by atoms with Crippen molar-refractivity contribution in [3.63, 3.8) is 0 Å². The normalized spacial score (nSPS) is 11.7. The molecule has 5 heteroatoms. The van der Waals surface area contributed by atoms with E-state index in [9.17, 15) is 10.3 Å². The van der Waals surface area contributed by atoms with Crippen LogP contribution >= 0.6 is 0 Å². The molecule has 0 fully saturated rings. The zero-order valence-corrected chi connectivity index (χ0v) is 13.8. The van der Waals surface area contributed by atoms with Crippen LogP contribution in [0.1, 0.15) is 17.5 Å². The van der Waals surface area contributed by atoms with E-state index < -0.39 is 0 Å². The summed E-state index contributed by atoms with van der Waals surface area (Å²) < 4.78 is 10.2. The van der Waals surface area contributed by atoms with Gasteiger partial charge in [0.1, 0.15) is 0 Å². The highest BCUT2D eigenvalue weighted by molar-refractivity contribution is 5.98. The van der Waals surface area contributed by atoms with E-state index in [0.717, 1.165) is 12.0 Å². The van der Waals surface area contributed by atoms with Gasteiger partial charge in [-0.2, -0.15) is 0 Å². The number of rotatable bonds is 7. The first-order chi connectivity index (χ1) is 11.7. The van der Waals surface area contributed by atoms with Crippen molar-refractivity contribution in [1.29, 1.82) is 0 Å². The summed E-state index contributed by atoms with van der Waals surface area (Å²) in [5, 5.41) is 22.4. The van der Waals surface area contributed by atoms with E-state index in [1.54, 1.807) is 24.3 Å². The molecule has 0 aliphatic heterocycles. The van der Waals surface area contributed by atoms with E-state index in [1.807, 2.05) is 30.3 Å². The molecule has 0 aliphatic carbocycles. The van der Waals surface area contributed by atoms with Gasteiger partial charge in [-0.05, 0) is 42.2 Å². The Morgan fingerprint density at radius 1 is 1.08 bits per heavy atom. The molecular formula is C19H21NO4. The van der Waals surface area contributed by atoms with Crippen molar-refractivity contribution in [3.8, 4) is 17.2 Å². The molecule has 0 bridgehead atoms. The first kappa shape index (κ1) is 17.4. The summed E-state index contributed by atoms with van der Waals surface area (Å²) in [6.45, 7) is 0. The SMILES string of the molecule is COc1cc(C=CC(CCc2ccccc2)=NO)cc(OC)c1O. The van der Waals surface area contributed by atoms with Gasteiger partial charge in [-0.15, -0.1) is 0 Å². The first-order valence-electron chi connectivity index (χ1n) is 7.56. The van der Waals surface area contributed by atoms with Crippen LogP contribution in [0.5, 0.6) is 17.2 Å². The van der Waals surface area contributed by atoms with Gasteiger partial charge in [-0.3, -0.25) is 0 Å². The number of hydrogen-bond acceptors (Lipinski definition) is 5. The van der Waals surface area contributed by atoms with Crippen LogP contribution in [0, 0.1) is 0 Å². The monoisotopic (exact) mass is 327 g/mol. The summed E-state index contributed by atoms with van der Waals surface area (Å²) in [6.07, 6.45) is 4.91. The molecule has 0 saturated heterocycles. The molecule has 0 amide bonds. The summed E-state index contributed by atoms with van der Waals surface area (Å²) >= 11 is 0. The van der Waals surface area contributed by atoms with Gasteiger partial charge < -0.3 is 19.8 Å². The third-order valence-corrected chi connectivity index (χ3v) is 3.61. The standard InChI is InChI=1S/C19H21NO4/c1-23-17-12-15(13-18(24-2)19(17)21)9-11-16(20-22)10-8-14-6-4-3-5-7-14/h3-7,9,11-13,21-22H,8,10H2,1-2H3. The first-order valence-corrected chi connectivity index (χ1v) is 7.56. The smallest absolute Gasteiger partial charge is 0.200 e. The molecular weight excluding hydrogens is 306 g/mol. The molecule has 0 radical (unpaired) electrons. The molecule has 2 N–H and O–H groups in total. The van der Waals surface area contributed by atoms with Crippen LogP contribution in [0.4, 0.5) is 0 Å². The Labute approximate surface area is 141 Å². The van der Waals surface area contributed by atoms with E-state index in [1.165, 1.54) is 19.8 Å². The zero-order chi connectivity index (χ0) is 17.4. The molecule has 2 aromatic carbocycles. The lowest BCUT2D eigenvalue weighted by atomic mass is 10.1. The minimum absolute atomic E-state index is 0.0442. The van der Waals surface area contributed by atoms with Gasteiger partial charge >= 0.3 is 0 Å². The molecule has 2 aromatic rings. The number of hydrogen-bond donors (Lipinski definition) is 2. The fraction of sp³-hybridized carbons (Fsp3) is 0.211. The predicted octanol–water partition coefficient (Wildman–Crippen LogP) is 3.89. The number of methoxy groups -OCH3 is 2. The van der Waals surface area contributed by atoms with E-state index in [2.05, 4.69) is 5.16 Å². The molecule has 0 atom stereocenters. The highest BCUT2D eigenvalue weighted by atomic mass is 16.5. The van der Waals surface area contributed by atoms with Crippen molar-refractivity contribution in [2.75, 3.05) is 14.2 Å². The molecule has 0 saturated carbocycles. The largest absolute Gasteiger partial charge is 0.502 e. The maximum absolute atomic E-state index is 9.91. The van der Waals surface area contributed by atoms with Crippen LogP contribution in [0.25, 0.3) is 6.08 Å². The minimum Gasteiger partial charge on any atom is -0.502 e. The Bertz CT molecular complexity index is 698. The van der Waals surface area contributed by atoms with E-state index >= 15 is 0 Å². The van der Waals surface area contributed by atoms with Crippen molar-refractivity contribution < 1.29 is 19.8 Å². The molecule has 24 heavy (non-hydrogen) atoms. The number of aryl methyl sites for hydroxylation is 1. The van der Waals surface area contributed by atoms with Crippen LogP contribution in [0.2, 0.25) is 0 Å². The van der Waals surface area contributed by atoms with Crippen LogP contribution in [0.15, 0.2) is 53.7 Å². The number of allylic oxidation sites excluding steroid dienone is 1. The second kappa shape index (κ2) is 8.62. The van der Waals surface area contributed by atoms with Crippen molar-refractivity contribution in [3.05, 3.63) is 59.7 Å². The number of nitrogens with zero attached hydrogens (tertiary/aromatic N) is 1. The maximum atomic E-state index is 9.91. The lowest BCUT2D eigenvalue weighted by Gasteiger charge is -2.09. The number of phenols is 1. The molecule has 0 heterocycles. The highest BCUT2D eigenvalue weighted by Gasteiger charge is 2.10. The molecule has 5 nitrogen and oxygen atoms in total. The summed E-state index contributed by atoms with van der Waals surface area (Å²) in [5.74, 6) is 0.596. The molecule has 0 aliphatic rings. The van der Waals surface area contributed by atoms with Gasteiger partial charge in [-0.25, -0.2) is 0 Å². The van der Waals surface area contributed by atoms with Gasteiger partial charge in [-0.1, -0.05) is 41.6 Å². The third-order valence-electron chi connectivity index (χ3n) is 3.61. The molecule has 126 valence electrons. The number of phenolic OH excluding ortho intramolecular Hbond substituents is 1. The third kappa shape index (κ3) is 4.52. The average molecular weight is 327 g/mol. The van der Waals surface area contributed by atoms with Crippen molar-refractivity contribution in [2.45, 2.75) is 12.8 Å². The Morgan fingerprint density at radius 2 is 1.71 bits per heavy atom. The Kier molecular flexibility index (Phi) is 6.25. The quantitative estimate of drug-likeness (QED) is 0.460. The van der Waals surface area contributed by atoms with Gasteiger partial charge in [0.2, 0.25) is 5.75 Å². The zero-order valence-electron chi connectivity index (χ0n) is 13.8. The highest BCUT2D eigenvalue weighted by Crippen LogP contribution is 2.37. The number of benzene rings is 2. The number of oxime groups is 1. The van der Waals surface area contributed by atoms with Gasteiger partial charge in [0, 0.05) is 0 Å². The summed E-state index contributed by atoms with van der Waals surface area (Å²) in [5.41, 5.74) is 2.51. The Morgan fingerprint density at radius 3 is 2.25 bits per heavy atom. The molecule has 2 rings (SSSR count). The predicted molar refractivity (Wildman–Crippen MR) is 94.2 cm³/mol. The minimum atomic E-state index is -0.0442. The summed E-state index contributed by atoms with van der Waals surface area (Å²) in [4.78, 5) is 0. The lowest BCUT2D eigenvalue weighted by molar-refractivity contribution is 0.318. The van der Waals surface area contributed by atoms with Crippen LogP contribution < -0.4 is 9.47 Å². The fourth-order valence-electron chi connectivity index (χ4n) is 2.29. The second-order valence-corrected chi connectivity index (χ2v) is 5.18. The maximum Gasteiger partial charge on any atom is 0.200 e. The van der Waals surface area contributed by atoms with Crippen molar-refractivity contribution in [1.82, 2.24) is 0 Å². The Balaban J connectivity index is 2.10. The second-order valence-electron chi connectivity index (χ2n) is 5.18. The van der Waals surface area contributed by atoms with Crippen LogP contribution in [0.3, 0.4) is 0 Å². The molecule has 0 aromatic heterocycles. The summed E-state index contributed by atoms with van der Waals surface area (Å²) in [7, 11) is 2.95. The van der Waals surface area contributed by atoms with E-state index in [-0.39, 0.29) is 5.75 Å². The fourth-order valence-corrected chi connectivity index (χ4v) is 2.29. The molecule has 0 unspecified atom stereocenters. The average Bonchev–Trinajstić information content (AvgIpc) is 2.63. The van der Waals surface area contributed by atoms with Crippen molar-refractivity contribution in [2.24, 2.45) is 5.16 Å². The van der Waals surface area contributed by atoms with Crippen molar-refractivity contribution >= 4 is 11.8 Å². The van der Waals surface area contributed by atoms with Gasteiger partial charge in [0.15, 0.2) is 11.5 Å². The summed E-state index contributed by atoms with van der Waals surface area (Å²) in [6, 6.07) is 13.4. The van der Waals surface area contributed by atoms with Crippen LogP contribution in [-0.2, 0) is 6.42 Å². The lowest BCUT2D eigenvalue weighted by Crippen LogP contribution is -1.97. The van der Waals surface area contributed by atoms with Gasteiger partial charge in [0.05, 0.1) is 19.9 Å². The van der Waals surface area contributed by atoms with E-state index in [4.69, 9.17) is 9.47 Å². The Hall–Kier alpha value is -2.95. The van der Waals surface area contributed by atoms with Crippen LogP contribution in [-0.4, -0.2) is 30.2 Å². The topological polar surface area (TPSA) is 71.3 Å². The van der Waals surface area contributed by atoms with Gasteiger partial charge in [0.25, 0.3) is 0 Å². The number of aromatic hydroxyl groups is 1.